The lowest BCUT2D eigenvalue weighted by Gasteiger charge is -2.10. The lowest BCUT2D eigenvalue weighted by molar-refractivity contribution is -0.0364. The smallest absolute Gasteiger partial charge is 0.243 e. The fraction of sp³-hybridized carbons (Fsp3) is 0.200. The summed E-state index contributed by atoms with van der Waals surface area (Å²) in [5.41, 5.74) is 0. The molecule has 4 nitrogen and oxygen atoms in total. The summed E-state index contributed by atoms with van der Waals surface area (Å²) >= 11 is 0. The molecule has 0 bridgehead atoms. The van der Waals surface area contributed by atoms with Crippen molar-refractivity contribution in [3.05, 3.63) is 12.3 Å². The van der Waals surface area contributed by atoms with Crippen molar-refractivity contribution in [3.63, 3.8) is 0 Å². The number of aliphatic imine (C=N–C) groups is 2. The Balaban J connectivity index is 2.33. The van der Waals surface area contributed by atoms with E-state index in [0.717, 1.165) is 0 Å². The Labute approximate surface area is 52.1 Å². The van der Waals surface area contributed by atoms with Gasteiger partial charge in [0.15, 0.2) is 6.73 Å². The lowest BCUT2D eigenvalue weighted by atomic mass is 10.6. The van der Waals surface area contributed by atoms with Crippen molar-refractivity contribution in [3.8, 4) is 0 Å². The SMILES string of the molecule is C1=CN2OCN=C2N=C1. The van der Waals surface area contributed by atoms with E-state index in [2.05, 4.69) is 9.98 Å². The molecule has 0 aromatic rings. The first kappa shape index (κ1) is 4.69. The van der Waals surface area contributed by atoms with Gasteiger partial charge in [0, 0.05) is 12.4 Å². The van der Waals surface area contributed by atoms with Crippen LogP contribution in [-0.2, 0) is 4.84 Å². The molecule has 46 valence electrons. The average molecular weight is 123 g/mol. The van der Waals surface area contributed by atoms with Crippen molar-refractivity contribution in [1.82, 2.24) is 5.06 Å². The van der Waals surface area contributed by atoms with E-state index in [-0.39, 0.29) is 0 Å². The molecule has 0 aromatic carbocycles. The maximum Gasteiger partial charge on any atom is 0.251 e. The molecule has 0 spiro atoms. The molecule has 0 fully saturated rings. The van der Waals surface area contributed by atoms with Crippen molar-refractivity contribution in [2.24, 2.45) is 9.98 Å². The van der Waals surface area contributed by atoms with Crippen molar-refractivity contribution in [2.75, 3.05) is 6.73 Å². The summed E-state index contributed by atoms with van der Waals surface area (Å²) in [6.07, 6.45) is 5.26. The van der Waals surface area contributed by atoms with E-state index in [4.69, 9.17) is 4.84 Å². The third-order valence-electron chi connectivity index (χ3n) is 1.10. The van der Waals surface area contributed by atoms with Crippen LogP contribution in [0.1, 0.15) is 0 Å². The van der Waals surface area contributed by atoms with Crippen LogP contribution >= 0.6 is 0 Å². The first-order valence-corrected chi connectivity index (χ1v) is 2.64. The van der Waals surface area contributed by atoms with E-state index in [1.165, 1.54) is 0 Å². The quantitative estimate of drug-likeness (QED) is 0.459. The Morgan fingerprint density at radius 3 is 3.56 bits per heavy atom. The van der Waals surface area contributed by atoms with Crippen molar-refractivity contribution in [2.45, 2.75) is 0 Å². The van der Waals surface area contributed by atoms with Gasteiger partial charge in [-0.1, -0.05) is 0 Å². The molecule has 9 heavy (non-hydrogen) atoms. The summed E-state index contributed by atoms with van der Waals surface area (Å²) in [5, 5.41) is 1.54. The monoisotopic (exact) mass is 123 g/mol. The molecule has 0 aromatic heterocycles. The molecule has 2 heterocycles. The van der Waals surface area contributed by atoms with Crippen LogP contribution in [0.2, 0.25) is 0 Å². The maximum atomic E-state index is 4.99. The van der Waals surface area contributed by atoms with Gasteiger partial charge in [0.1, 0.15) is 0 Å². The molecular weight excluding hydrogens is 118 g/mol. The normalized spacial score (nSPS) is 22.2. The predicted octanol–water partition coefficient (Wildman–Crippen LogP) is 0.145. The van der Waals surface area contributed by atoms with Gasteiger partial charge in [-0.25, -0.2) is 14.8 Å². The highest BCUT2D eigenvalue weighted by Crippen LogP contribution is 2.06. The molecule has 0 amide bonds. The third-order valence-corrected chi connectivity index (χ3v) is 1.10. The highest BCUT2D eigenvalue weighted by atomic mass is 16.7. The summed E-state index contributed by atoms with van der Waals surface area (Å²) in [5.74, 6) is 0.637. The molecule has 0 N–H and O–H groups in total. The Kier molecular flexibility index (Phi) is 0.868. The van der Waals surface area contributed by atoms with E-state index in [1.54, 1.807) is 23.6 Å². The summed E-state index contributed by atoms with van der Waals surface area (Å²) in [6, 6.07) is 0. The standard InChI is InChI=1S/C5H5N3O/c1-2-6-5-7-4-9-8(5)3-1/h1-3H,4H2. The molecule has 4 heteroatoms. The predicted molar refractivity (Wildman–Crippen MR) is 32.9 cm³/mol. The van der Waals surface area contributed by atoms with Crippen LogP contribution in [0.25, 0.3) is 0 Å². The number of guanidine groups is 1. The maximum absolute atomic E-state index is 4.99. The summed E-state index contributed by atoms with van der Waals surface area (Å²) in [4.78, 5) is 12.8. The van der Waals surface area contributed by atoms with Gasteiger partial charge in [-0.3, -0.25) is 0 Å². The second kappa shape index (κ2) is 1.66. The molecule has 2 aliphatic rings. The van der Waals surface area contributed by atoms with Gasteiger partial charge in [0.25, 0.3) is 5.96 Å². The van der Waals surface area contributed by atoms with Crippen molar-refractivity contribution < 1.29 is 4.84 Å². The van der Waals surface area contributed by atoms with Gasteiger partial charge in [-0.2, -0.15) is 5.06 Å². The van der Waals surface area contributed by atoms with Crippen LogP contribution in [0.4, 0.5) is 0 Å². The average Bonchev–Trinajstić information content (AvgIpc) is 2.33. The third kappa shape index (κ3) is 0.639. The van der Waals surface area contributed by atoms with Gasteiger partial charge in [-0.15, -0.1) is 0 Å². The summed E-state index contributed by atoms with van der Waals surface area (Å²) in [7, 11) is 0. The van der Waals surface area contributed by atoms with Gasteiger partial charge in [-0.05, 0) is 6.08 Å². The molecule has 0 saturated heterocycles. The topological polar surface area (TPSA) is 37.2 Å². The zero-order valence-corrected chi connectivity index (χ0v) is 4.69. The van der Waals surface area contributed by atoms with Gasteiger partial charge in [0.05, 0.1) is 0 Å². The number of allylic oxidation sites excluding steroid dienone is 1. The number of hydrogen-bond acceptors (Lipinski definition) is 4. The number of fused-ring (bicyclic) bond motifs is 1. The molecule has 0 aliphatic carbocycles. The minimum absolute atomic E-state index is 0.386. The van der Waals surface area contributed by atoms with Crippen molar-refractivity contribution >= 4 is 12.2 Å². The minimum Gasteiger partial charge on any atom is -0.243 e. The molecule has 0 saturated carbocycles. The van der Waals surface area contributed by atoms with Crippen LogP contribution in [0.15, 0.2) is 22.3 Å². The van der Waals surface area contributed by atoms with E-state index in [0.29, 0.717) is 12.7 Å². The summed E-state index contributed by atoms with van der Waals surface area (Å²) in [6.45, 7) is 0.386. The van der Waals surface area contributed by atoms with Gasteiger partial charge >= 0.3 is 0 Å². The second-order valence-corrected chi connectivity index (χ2v) is 1.66. The Bertz CT molecular complexity index is 203. The number of rotatable bonds is 0. The number of hydrogen-bond donors (Lipinski definition) is 0. The molecule has 2 rings (SSSR count). The van der Waals surface area contributed by atoms with Crippen LogP contribution in [0.3, 0.4) is 0 Å². The van der Waals surface area contributed by atoms with Crippen LogP contribution in [0.5, 0.6) is 0 Å². The highest BCUT2D eigenvalue weighted by molar-refractivity contribution is 5.93. The minimum atomic E-state index is 0.386. The molecule has 2 aliphatic heterocycles. The first-order chi connectivity index (χ1) is 4.47. The zero-order valence-electron chi connectivity index (χ0n) is 4.69. The van der Waals surface area contributed by atoms with E-state index >= 15 is 0 Å². The van der Waals surface area contributed by atoms with Gasteiger partial charge < -0.3 is 0 Å². The zero-order chi connectivity index (χ0) is 6.10. The summed E-state index contributed by atoms with van der Waals surface area (Å²) < 4.78 is 0. The van der Waals surface area contributed by atoms with Gasteiger partial charge in [0.2, 0.25) is 0 Å². The Morgan fingerprint density at radius 2 is 2.67 bits per heavy atom. The first-order valence-electron chi connectivity index (χ1n) is 2.64. The van der Waals surface area contributed by atoms with E-state index in [9.17, 15) is 0 Å². The van der Waals surface area contributed by atoms with E-state index < -0.39 is 0 Å². The van der Waals surface area contributed by atoms with Crippen LogP contribution in [-0.4, -0.2) is 24.0 Å². The van der Waals surface area contributed by atoms with Crippen LogP contribution in [0, 0.1) is 0 Å². The number of nitrogens with zero attached hydrogens (tertiary/aromatic N) is 3. The van der Waals surface area contributed by atoms with E-state index in [1.807, 2.05) is 0 Å². The fourth-order valence-electron chi connectivity index (χ4n) is 0.710. The largest absolute Gasteiger partial charge is 0.251 e. The lowest BCUT2D eigenvalue weighted by Crippen LogP contribution is -2.20. The number of hydroxylamine groups is 2. The molecule has 0 radical (unpaired) electrons. The molecule has 0 atom stereocenters. The molecule has 0 unspecified atom stereocenters. The fourth-order valence-corrected chi connectivity index (χ4v) is 0.710. The van der Waals surface area contributed by atoms with Crippen LogP contribution < -0.4 is 0 Å². The highest BCUT2D eigenvalue weighted by Gasteiger charge is 2.14. The van der Waals surface area contributed by atoms with Crippen molar-refractivity contribution in [1.29, 1.82) is 0 Å². The second-order valence-electron chi connectivity index (χ2n) is 1.66. The Morgan fingerprint density at radius 1 is 1.67 bits per heavy atom. The Hall–Kier alpha value is -1.16. The molecular formula is C5H5N3O.